The zero-order chi connectivity index (χ0) is 21.9. The van der Waals surface area contributed by atoms with Gasteiger partial charge >= 0.3 is 0 Å². The number of fused-ring (bicyclic) bond motifs is 5. The Balaban J connectivity index is 1.38. The molecular weight excluding hydrogens is 452 g/mol. The molecule has 1 fully saturated rings. The summed E-state index contributed by atoms with van der Waals surface area (Å²) in [4.78, 5) is 19.7. The number of carbonyl (C=O) groups excluding carboxylic acids is 1. The second-order valence-electron chi connectivity index (χ2n) is 7.87. The number of hydrogen-bond acceptors (Lipinski definition) is 8. The van der Waals surface area contributed by atoms with Crippen molar-refractivity contribution in [1.29, 1.82) is 0 Å². The van der Waals surface area contributed by atoms with Crippen molar-refractivity contribution in [1.82, 2.24) is 30.2 Å². The largest absolute Gasteiger partial charge is 0.492 e. The van der Waals surface area contributed by atoms with E-state index >= 15 is 0 Å². The summed E-state index contributed by atoms with van der Waals surface area (Å²) in [5.74, 6) is 0.314. The van der Waals surface area contributed by atoms with E-state index in [0.717, 1.165) is 23.7 Å². The molecule has 0 radical (unpaired) electrons. The van der Waals surface area contributed by atoms with Crippen LogP contribution in [0, 0.1) is 0 Å². The highest BCUT2D eigenvalue weighted by Crippen LogP contribution is 2.26. The predicted molar refractivity (Wildman–Crippen MR) is 119 cm³/mol. The van der Waals surface area contributed by atoms with Crippen molar-refractivity contribution in [3.05, 3.63) is 57.3 Å². The normalized spacial score (nSPS) is 22.2. The van der Waals surface area contributed by atoms with Crippen LogP contribution < -0.4 is 10.1 Å². The molecule has 4 bridgehead atoms. The molecule has 2 aromatic heterocycles. The van der Waals surface area contributed by atoms with Gasteiger partial charge in [0.15, 0.2) is 0 Å². The highest BCUT2D eigenvalue weighted by Gasteiger charge is 2.35. The summed E-state index contributed by atoms with van der Waals surface area (Å²) in [5, 5.41) is 15.0. The Hall–Kier alpha value is -2.53. The van der Waals surface area contributed by atoms with Gasteiger partial charge in [0.1, 0.15) is 16.5 Å². The first kappa shape index (κ1) is 21.3. The number of aryl methyl sites for hydroxylation is 1. The molecule has 1 N–H and O–H groups in total. The number of nitrogens with zero attached hydrogens (tertiary/aromatic N) is 5. The number of nitrogens with one attached hydrogen (secondary N) is 1. The van der Waals surface area contributed by atoms with Crippen LogP contribution in [0.3, 0.4) is 0 Å². The van der Waals surface area contributed by atoms with Gasteiger partial charge in [-0.05, 0) is 18.2 Å². The summed E-state index contributed by atoms with van der Waals surface area (Å²) in [6, 6.07) is 4.91. The van der Waals surface area contributed by atoms with E-state index in [4.69, 9.17) is 21.1 Å². The third-order valence-electron chi connectivity index (χ3n) is 5.51. The van der Waals surface area contributed by atoms with Crippen LogP contribution in [0.1, 0.15) is 27.5 Å². The third kappa shape index (κ3) is 4.93. The van der Waals surface area contributed by atoms with Crippen molar-refractivity contribution in [2.75, 3.05) is 19.7 Å². The first-order valence-electron chi connectivity index (χ1n) is 10.5. The number of hydrogen-bond donors (Lipinski definition) is 1. The first-order chi connectivity index (χ1) is 15.6. The van der Waals surface area contributed by atoms with Crippen LogP contribution in [-0.4, -0.2) is 62.6 Å². The summed E-state index contributed by atoms with van der Waals surface area (Å²) in [7, 11) is 0. The molecule has 0 unspecified atom stereocenters. The maximum Gasteiger partial charge on any atom is 0.251 e. The van der Waals surface area contributed by atoms with Gasteiger partial charge in [0.25, 0.3) is 5.91 Å². The number of carbonyl (C=O) groups is 1. The smallest absolute Gasteiger partial charge is 0.251 e. The molecule has 5 rings (SSSR count). The van der Waals surface area contributed by atoms with Gasteiger partial charge in [-0.1, -0.05) is 16.8 Å². The lowest BCUT2D eigenvalue weighted by Crippen LogP contribution is -2.44. The average molecular weight is 475 g/mol. The van der Waals surface area contributed by atoms with E-state index in [-0.39, 0.29) is 18.1 Å². The average Bonchev–Trinajstić information content (AvgIpc) is 3.53. The van der Waals surface area contributed by atoms with Crippen LogP contribution in [0.4, 0.5) is 0 Å². The van der Waals surface area contributed by atoms with Gasteiger partial charge in [0.05, 0.1) is 43.1 Å². The SMILES string of the molecule is O=C1N[C@H]2CN(Cc3nccs3)C[C@@H]2OCc2cn(nn2)CCCOc2cc1ccc2Cl. The predicted octanol–water partition coefficient (Wildman–Crippen LogP) is 2.37. The first-order valence-corrected chi connectivity index (χ1v) is 11.7. The van der Waals surface area contributed by atoms with Crippen molar-refractivity contribution in [2.24, 2.45) is 0 Å². The molecule has 2 atom stereocenters. The van der Waals surface area contributed by atoms with E-state index in [1.54, 1.807) is 40.4 Å². The molecule has 32 heavy (non-hydrogen) atoms. The van der Waals surface area contributed by atoms with Gasteiger partial charge in [-0.2, -0.15) is 0 Å². The van der Waals surface area contributed by atoms with Gasteiger partial charge < -0.3 is 14.8 Å². The molecule has 168 valence electrons. The number of ether oxygens (including phenoxy) is 2. The van der Waals surface area contributed by atoms with Crippen LogP contribution >= 0.6 is 22.9 Å². The number of thiazole rings is 1. The minimum atomic E-state index is -0.181. The van der Waals surface area contributed by atoms with Crippen molar-refractivity contribution in [3.63, 3.8) is 0 Å². The van der Waals surface area contributed by atoms with Gasteiger partial charge in [0, 0.05) is 43.2 Å². The summed E-state index contributed by atoms with van der Waals surface area (Å²) in [6.45, 7) is 3.53. The van der Waals surface area contributed by atoms with E-state index < -0.39 is 0 Å². The topological polar surface area (TPSA) is 94.4 Å². The lowest BCUT2D eigenvalue weighted by Gasteiger charge is -2.20. The standard InChI is InChI=1S/C21H23ClN6O3S/c22-16-3-2-14-8-18(16)30-6-1-5-28-9-15(25-26-28)13-31-19-11-27(10-17(19)24-21(14)29)12-20-23-4-7-32-20/h2-4,7-9,17,19H,1,5-6,10-13H2,(H,24,29)/t17-,19-/m0/s1. The molecule has 0 aliphatic carbocycles. The Labute approximate surface area is 194 Å². The molecule has 11 heteroatoms. The van der Waals surface area contributed by atoms with E-state index in [2.05, 4.69) is 25.5 Å². The minimum Gasteiger partial charge on any atom is -0.492 e. The third-order valence-corrected chi connectivity index (χ3v) is 6.59. The molecule has 1 saturated heterocycles. The van der Waals surface area contributed by atoms with E-state index in [0.29, 0.717) is 49.2 Å². The maximum absolute atomic E-state index is 13.0. The summed E-state index contributed by atoms with van der Waals surface area (Å²) in [6.07, 6.45) is 4.24. The summed E-state index contributed by atoms with van der Waals surface area (Å²) < 4.78 is 13.8. The van der Waals surface area contributed by atoms with Gasteiger partial charge in [-0.25, -0.2) is 4.98 Å². The second kappa shape index (κ2) is 9.53. The Kier molecular flexibility index (Phi) is 6.35. The summed E-state index contributed by atoms with van der Waals surface area (Å²) >= 11 is 7.90. The minimum absolute atomic E-state index is 0.176. The highest BCUT2D eigenvalue weighted by atomic mass is 35.5. The van der Waals surface area contributed by atoms with Crippen LogP contribution in [-0.2, 0) is 24.4 Å². The highest BCUT2D eigenvalue weighted by molar-refractivity contribution is 7.09. The molecule has 2 aliphatic heterocycles. The zero-order valence-electron chi connectivity index (χ0n) is 17.3. The number of rotatable bonds is 2. The number of benzene rings is 1. The van der Waals surface area contributed by atoms with Crippen LogP contribution in [0.5, 0.6) is 5.75 Å². The number of halogens is 1. The van der Waals surface area contributed by atoms with E-state index in [9.17, 15) is 4.79 Å². The van der Waals surface area contributed by atoms with Crippen molar-refractivity contribution >= 4 is 28.8 Å². The van der Waals surface area contributed by atoms with Crippen molar-refractivity contribution in [3.8, 4) is 5.75 Å². The number of amides is 1. The van der Waals surface area contributed by atoms with Crippen LogP contribution in [0.25, 0.3) is 0 Å². The molecular formula is C21H23ClN6O3S. The fourth-order valence-corrected chi connectivity index (χ4v) is 4.76. The zero-order valence-corrected chi connectivity index (χ0v) is 18.9. The molecule has 3 aromatic rings. The molecule has 1 amide bonds. The lowest BCUT2D eigenvalue weighted by molar-refractivity contribution is 0.0293. The van der Waals surface area contributed by atoms with Gasteiger partial charge in [0.2, 0.25) is 0 Å². The number of likely N-dealkylation sites (tertiary alicyclic amines) is 1. The Morgan fingerprint density at radius 2 is 2.25 bits per heavy atom. The Morgan fingerprint density at radius 3 is 3.12 bits per heavy atom. The Bertz CT molecular complexity index is 1080. The summed E-state index contributed by atoms with van der Waals surface area (Å²) in [5.41, 5.74) is 1.26. The molecule has 4 heterocycles. The molecule has 1 aromatic carbocycles. The number of aromatic nitrogens is 4. The van der Waals surface area contributed by atoms with Crippen molar-refractivity contribution < 1.29 is 14.3 Å². The molecule has 0 saturated carbocycles. The van der Waals surface area contributed by atoms with E-state index in [1.807, 2.05) is 11.6 Å². The lowest BCUT2D eigenvalue weighted by atomic mass is 10.1. The fourth-order valence-electron chi connectivity index (χ4n) is 3.93. The van der Waals surface area contributed by atoms with Gasteiger partial charge in [-0.3, -0.25) is 14.4 Å². The fraction of sp³-hybridized carbons (Fsp3) is 0.429. The van der Waals surface area contributed by atoms with Crippen LogP contribution in [0.2, 0.25) is 5.02 Å². The van der Waals surface area contributed by atoms with Gasteiger partial charge in [-0.15, -0.1) is 16.4 Å². The van der Waals surface area contributed by atoms with Crippen molar-refractivity contribution in [2.45, 2.75) is 38.3 Å². The monoisotopic (exact) mass is 474 g/mol. The van der Waals surface area contributed by atoms with E-state index in [1.165, 1.54) is 0 Å². The molecule has 9 nitrogen and oxygen atoms in total. The van der Waals surface area contributed by atoms with Crippen LogP contribution in [0.15, 0.2) is 36.0 Å². The Morgan fingerprint density at radius 1 is 1.31 bits per heavy atom. The quantitative estimate of drug-likeness (QED) is 0.609. The maximum atomic E-state index is 13.0. The second-order valence-corrected chi connectivity index (χ2v) is 9.26. The molecule has 0 spiro atoms. The molecule has 2 aliphatic rings.